The molecule has 0 aromatic heterocycles. The lowest BCUT2D eigenvalue weighted by atomic mass is 10.1. The zero-order chi connectivity index (χ0) is 13.8. The van der Waals surface area contributed by atoms with Crippen LogP contribution in [0.1, 0.15) is 23.2 Å². The molecule has 1 fully saturated rings. The number of hydrogen-bond donors (Lipinski definition) is 1. The molecule has 5 heteroatoms. The molecule has 2 aliphatic heterocycles. The van der Waals surface area contributed by atoms with Gasteiger partial charge < -0.3 is 19.7 Å². The van der Waals surface area contributed by atoms with E-state index >= 15 is 0 Å². The molecule has 1 N–H and O–H groups in total. The van der Waals surface area contributed by atoms with Crippen LogP contribution in [-0.4, -0.2) is 50.2 Å². The normalized spacial score (nSPS) is 19.1. The fourth-order valence-electron chi connectivity index (χ4n) is 2.53. The van der Waals surface area contributed by atoms with Crippen LogP contribution in [0.4, 0.5) is 0 Å². The van der Waals surface area contributed by atoms with Gasteiger partial charge in [0.15, 0.2) is 11.5 Å². The molecular formula is C15H20N2O3. The van der Waals surface area contributed by atoms with E-state index in [1.807, 2.05) is 17.0 Å². The van der Waals surface area contributed by atoms with E-state index in [4.69, 9.17) is 9.47 Å². The first-order valence-corrected chi connectivity index (χ1v) is 7.24. The van der Waals surface area contributed by atoms with Crippen molar-refractivity contribution >= 4 is 5.91 Å². The minimum atomic E-state index is 0.0735. The lowest BCUT2D eigenvalue weighted by Gasteiger charge is -2.20. The SMILES string of the molecule is O=C(c1ccc2c(c1)OCCCO2)N1CCCNCC1. The fraction of sp³-hybridized carbons (Fsp3) is 0.533. The topological polar surface area (TPSA) is 50.8 Å². The second-order valence-corrected chi connectivity index (χ2v) is 5.11. The first-order chi connectivity index (χ1) is 9.84. The number of fused-ring (bicyclic) bond motifs is 1. The summed E-state index contributed by atoms with van der Waals surface area (Å²) in [4.78, 5) is 14.4. The summed E-state index contributed by atoms with van der Waals surface area (Å²) in [5, 5.41) is 3.30. The number of ether oxygens (including phenoxy) is 2. The summed E-state index contributed by atoms with van der Waals surface area (Å²) in [6.45, 7) is 4.70. The van der Waals surface area contributed by atoms with E-state index in [0.29, 0.717) is 24.5 Å². The molecule has 2 heterocycles. The van der Waals surface area contributed by atoms with Crippen LogP contribution in [-0.2, 0) is 0 Å². The first kappa shape index (κ1) is 13.2. The minimum absolute atomic E-state index is 0.0735. The van der Waals surface area contributed by atoms with Crippen LogP contribution in [0.2, 0.25) is 0 Å². The van der Waals surface area contributed by atoms with Gasteiger partial charge in [0.1, 0.15) is 0 Å². The third kappa shape index (κ3) is 2.88. The van der Waals surface area contributed by atoms with E-state index < -0.39 is 0 Å². The highest BCUT2D eigenvalue weighted by atomic mass is 16.5. The Labute approximate surface area is 118 Å². The number of nitrogens with zero attached hydrogens (tertiary/aromatic N) is 1. The van der Waals surface area contributed by atoms with E-state index in [1.54, 1.807) is 6.07 Å². The molecule has 0 aliphatic carbocycles. The standard InChI is InChI=1S/C15H20N2O3/c18-15(17-7-1-5-16-6-8-17)12-3-4-13-14(11-12)20-10-2-9-19-13/h3-4,11,16H,1-2,5-10H2. The van der Waals surface area contributed by atoms with Crippen molar-refractivity contribution < 1.29 is 14.3 Å². The van der Waals surface area contributed by atoms with Crippen LogP contribution < -0.4 is 14.8 Å². The lowest BCUT2D eigenvalue weighted by molar-refractivity contribution is 0.0766. The van der Waals surface area contributed by atoms with Crippen molar-refractivity contribution in [3.63, 3.8) is 0 Å². The molecule has 1 aromatic carbocycles. The monoisotopic (exact) mass is 276 g/mol. The minimum Gasteiger partial charge on any atom is -0.490 e. The van der Waals surface area contributed by atoms with Gasteiger partial charge in [0.05, 0.1) is 13.2 Å². The predicted octanol–water partition coefficient (Wildman–Crippen LogP) is 1.28. The summed E-state index contributed by atoms with van der Waals surface area (Å²) in [6, 6.07) is 5.47. The van der Waals surface area contributed by atoms with Gasteiger partial charge in [0, 0.05) is 31.6 Å². The van der Waals surface area contributed by atoms with Crippen molar-refractivity contribution in [2.45, 2.75) is 12.8 Å². The Morgan fingerprint density at radius 1 is 1.05 bits per heavy atom. The van der Waals surface area contributed by atoms with Crippen molar-refractivity contribution in [3.05, 3.63) is 23.8 Å². The van der Waals surface area contributed by atoms with Gasteiger partial charge in [-0.15, -0.1) is 0 Å². The molecule has 0 saturated carbocycles. The molecule has 20 heavy (non-hydrogen) atoms. The maximum atomic E-state index is 12.5. The highest BCUT2D eigenvalue weighted by Gasteiger charge is 2.19. The van der Waals surface area contributed by atoms with Gasteiger partial charge in [-0.05, 0) is 31.2 Å². The van der Waals surface area contributed by atoms with E-state index in [0.717, 1.165) is 44.8 Å². The quantitative estimate of drug-likeness (QED) is 0.839. The summed E-state index contributed by atoms with van der Waals surface area (Å²) in [5.41, 5.74) is 0.677. The van der Waals surface area contributed by atoms with E-state index in [1.165, 1.54) is 0 Å². The number of carbonyl (C=O) groups is 1. The zero-order valence-electron chi connectivity index (χ0n) is 11.6. The van der Waals surface area contributed by atoms with Crippen LogP contribution in [0.15, 0.2) is 18.2 Å². The zero-order valence-corrected chi connectivity index (χ0v) is 11.6. The van der Waals surface area contributed by atoms with E-state index in [2.05, 4.69) is 5.32 Å². The number of amides is 1. The fourth-order valence-corrected chi connectivity index (χ4v) is 2.53. The van der Waals surface area contributed by atoms with Gasteiger partial charge in [-0.2, -0.15) is 0 Å². The first-order valence-electron chi connectivity index (χ1n) is 7.24. The van der Waals surface area contributed by atoms with Crippen molar-refractivity contribution in [3.8, 4) is 11.5 Å². The average Bonchev–Trinajstić information content (AvgIpc) is 2.88. The molecule has 108 valence electrons. The second-order valence-electron chi connectivity index (χ2n) is 5.11. The van der Waals surface area contributed by atoms with Gasteiger partial charge in [-0.3, -0.25) is 4.79 Å². The maximum absolute atomic E-state index is 12.5. The molecule has 2 aliphatic rings. The van der Waals surface area contributed by atoms with Crippen molar-refractivity contribution in [1.29, 1.82) is 0 Å². The highest BCUT2D eigenvalue weighted by Crippen LogP contribution is 2.30. The Hall–Kier alpha value is -1.75. The van der Waals surface area contributed by atoms with Gasteiger partial charge in [0.2, 0.25) is 0 Å². The van der Waals surface area contributed by atoms with Crippen LogP contribution in [0.3, 0.4) is 0 Å². The molecule has 3 rings (SSSR count). The van der Waals surface area contributed by atoms with E-state index in [-0.39, 0.29) is 5.91 Å². The molecule has 1 aromatic rings. The largest absolute Gasteiger partial charge is 0.490 e. The Bertz CT molecular complexity index is 482. The molecule has 1 amide bonds. The van der Waals surface area contributed by atoms with Gasteiger partial charge in [0.25, 0.3) is 5.91 Å². The number of rotatable bonds is 1. The smallest absolute Gasteiger partial charge is 0.254 e. The molecule has 1 saturated heterocycles. The molecular weight excluding hydrogens is 256 g/mol. The second kappa shape index (κ2) is 6.13. The summed E-state index contributed by atoms with van der Waals surface area (Å²) in [7, 11) is 0. The molecule has 5 nitrogen and oxygen atoms in total. The predicted molar refractivity (Wildman–Crippen MR) is 75.4 cm³/mol. The highest BCUT2D eigenvalue weighted by molar-refractivity contribution is 5.95. The Morgan fingerprint density at radius 2 is 1.90 bits per heavy atom. The molecule has 0 radical (unpaired) electrons. The Kier molecular flexibility index (Phi) is 4.06. The third-order valence-electron chi connectivity index (χ3n) is 3.62. The Balaban J connectivity index is 1.79. The average molecular weight is 276 g/mol. The third-order valence-corrected chi connectivity index (χ3v) is 3.62. The molecule has 0 unspecified atom stereocenters. The maximum Gasteiger partial charge on any atom is 0.254 e. The van der Waals surface area contributed by atoms with Crippen LogP contribution in [0, 0.1) is 0 Å². The number of carbonyl (C=O) groups excluding carboxylic acids is 1. The summed E-state index contributed by atoms with van der Waals surface area (Å²) in [6.07, 6.45) is 1.87. The van der Waals surface area contributed by atoms with Crippen molar-refractivity contribution in [2.75, 3.05) is 39.4 Å². The summed E-state index contributed by atoms with van der Waals surface area (Å²) >= 11 is 0. The van der Waals surface area contributed by atoms with Crippen molar-refractivity contribution in [2.24, 2.45) is 0 Å². The lowest BCUT2D eigenvalue weighted by Crippen LogP contribution is -2.34. The number of benzene rings is 1. The van der Waals surface area contributed by atoms with E-state index in [9.17, 15) is 4.79 Å². The van der Waals surface area contributed by atoms with Crippen LogP contribution in [0.25, 0.3) is 0 Å². The molecule has 0 spiro atoms. The van der Waals surface area contributed by atoms with Crippen LogP contribution in [0.5, 0.6) is 11.5 Å². The van der Waals surface area contributed by atoms with Gasteiger partial charge in [-0.25, -0.2) is 0 Å². The van der Waals surface area contributed by atoms with Crippen LogP contribution >= 0.6 is 0 Å². The van der Waals surface area contributed by atoms with Gasteiger partial charge in [-0.1, -0.05) is 0 Å². The summed E-state index contributed by atoms with van der Waals surface area (Å²) in [5.74, 6) is 1.49. The molecule has 0 atom stereocenters. The summed E-state index contributed by atoms with van der Waals surface area (Å²) < 4.78 is 11.2. The number of hydrogen-bond acceptors (Lipinski definition) is 4. The van der Waals surface area contributed by atoms with Crippen molar-refractivity contribution in [1.82, 2.24) is 10.2 Å². The van der Waals surface area contributed by atoms with Gasteiger partial charge >= 0.3 is 0 Å². The molecule has 0 bridgehead atoms. The Morgan fingerprint density at radius 3 is 2.80 bits per heavy atom. The number of nitrogens with one attached hydrogen (secondary N) is 1.